The average Bonchev–Trinajstić information content (AvgIpc) is 2.38. The molecule has 0 amide bonds. The van der Waals surface area contributed by atoms with E-state index < -0.39 is 0 Å². The van der Waals surface area contributed by atoms with Gasteiger partial charge in [-0.2, -0.15) is 0 Å². The van der Waals surface area contributed by atoms with Gasteiger partial charge >= 0.3 is 0 Å². The van der Waals surface area contributed by atoms with Gasteiger partial charge in [-0.3, -0.25) is 0 Å². The van der Waals surface area contributed by atoms with Gasteiger partial charge in [-0.1, -0.05) is 0 Å². The number of benzene rings is 1. The minimum absolute atomic E-state index is 0.239. The lowest BCUT2D eigenvalue weighted by atomic mass is 9.94. The first-order valence-corrected chi connectivity index (χ1v) is 5.77. The summed E-state index contributed by atoms with van der Waals surface area (Å²) in [4.78, 5) is 0. The Hall–Kier alpha value is -1.26. The van der Waals surface area contributed by atoms with E-state index >= 15 is 0 Å². The molecule has 0 radical (unpaired) electrons. The highest BCUT2D eigenvalue weighted by Gasteiger charge is 2.22. The predicted molar refractivity (Wildman–Crippen MR) is 65.9 cm³/mol. The van der Waals surface area contributed by atoms with E-state index in [1.54, 1.807) is 21.3 Å². The fraction of sp³-hybridized carbons (Fsp3) is 0.538. The third-order valence-electron chi connectivity index (χ3n) is 3.14. The summed E-state index contributed by atoms with van der Waals surface area (Å²) in [6.45, 7) is 1.64. The second-order valence-corrected chi connectivity index (χ2v) is 4.12. The zero-order valence-corrected chi connectivity index (χ0v) is 10.6. The summed E-state index contributed by atoms with van der Waals surface area (Å²) in [6.07, 6.45) is 1.01. The summed E-state index contributed by atoms with van der Waals surface area (Å²) in [5.41, 5.74) is 2.55. The van der Waals surface area contributed by atoms with Crippen molar-refractivity contribution < 1.29 is 14.2 Å². The molecule has 0 aliphatic carbocycles. The summed E-state index contributed by atoms with van der Waals surface area (Å²) in [7, 11) is 5.04. The van der Waals surface area contributed by atoms with Crippen molar-refractivity contribution in [2.75, 3.05) is 34.5 Å². The van der Waals surface area contributed by atoms with E-state index in [-0.39, 0.29) is 6.04 Å². The molecule has 1 atom stereocenters. The van der Waals surface area contributed by atoms with E-state index in [0.717, 1.165) is 24.5 Å². The van der Waals surface area contributed by atoms with Crippen molar-refractivity contribution in [3.05, 3.63) is 23.3 Å². The molecule has 2 rings (SSSR count). The van der Waals surface area contributed by atoms with Crippen molar-refractivity contribution in [1.29, 1.82) is 0 Å². The van der Waals surface area contributed by atoms with Crippen molar-refractivity contribution in [2.45, 2.75) is 12.5 Å². The highest BCUT2D eigenvalue weighted by Crippen LogP contribution is 2.35. The maximum atomic E-state index is 5.34. The van der Waals surface area contributed by atoms with E-state index in [1.807, 2.05) is 6.07 Å². The van der Waals surface area contributed by atoms with E-state index in [9.17, 15) is 0 Å². The topological polar surface area (TPSA) is 39.7 Å². The molecule has 4 heteroatoms. The minimum atomic E-state index is 0.239. The summed E-state index contributed by atoms with van der Waals surface area (Å²) in [5.74, 6) is 1.57. The van der Waals surface area contributed by atoms with Crippen LogP contribution in [-0.2, 0) is 11.2 Å². The van der Waals surface area contributed by atoms with Crippen LogP contribution >= 0.6 is 0 Å². The molecule has 1 aliphatic heterocycles. The standard InChI is InChI=1S/C13H19NO3/c1-15-8-11-10-7-13(17-3)12(16-2)6-9(10)4-5-14-11/h6-7,11,14H,4-5,8H2,1-3H3. The fourth-order valence-corrected chi connectivity index (χ4v) is 2.28. The molecule has 0 spiro atoms. The van der Waals surface area contributed by atoms with Crippen LogP contribution in [0.1, 0.15) is 17.2 Å². The number of nitrogens with one attached hydrogen (secondary N) is 1. The van der Waals surface area contributed by atoms with Crippen LogP contribution in [0.25, 0.3) is 0 Å². The average molecular weight is 237 g/mol. The fourth-order valence-electron chi connectivity index (χ4n) is 2.28. The zero-order chi connectivity index (χ0) is 12.3. The van der Waals surface area contributed by atoms with Crippen LogP contribution in [0.4, 0.5) is 0 Å². The van der Waals surface area contributed by atoms with Gasteiger partial charge in [0.15, 0.2) is 11.5 Å². The predicted octanol–water partition coefficient (Wildman–Crippen LogP) is 1.54. The van der Waals surface area contributed by atoms with Gasteiger partial charge in [0.25, 0.3) is 0 Å². The molecule has 0 aromatic heterocycles. The van der Waals surface area contributed by atoms with E-state index in [0.29, 0.717) is 6.61 Å². The Morgan fingerprint density at radius 3 is 2.53 bits per heavy atom. The largest absolute Gasteiger partial charge is 0.493 e. The van der Waals surface area contributed by atoms with E-state index in [1.165, 1.54) is 11.1 Å². The molecule has 0 bridgehead atoms. The second-order valence-electron chi connectivity index (χ2n) is 4.12. The maximum Gasteiger partial charge on any atom is 0.161 e. The van der Waals surface area contributed by atoms with Crippen molar-refractivity contribution >= 4 is 0 Å². The Kier molecular flexibility index (Phi) is 3.86. The molecule has 0 fully saturated rings. The van der Waals surface area contributed by atoms with Gasteiger partial charge in [0.2, 0.25) is 0 Å². The van der Waals surface area contributed by atoms with Crippen LogP contribution in [0.15, 0.2) is 12.1 Å². The Morgan fingerprint density at radius 2 is 1.88 bits per heavy atom. The van der Waals surface area contributed by atoms with Gasteiger partial charge in [0.05, 0.1) is 26.9 Å². The molecule has 0 saturated heterocycles. The molecule has 0 saturated carbocycles. The van der Waals surface area contributed by atoms with Gasteiger partial charge in [-0.25, -0.2) is 0 Å². The van der Waals surface area contributed by atoms with Crippen molar-refractivity contribution in [1.82, 2.24) is 5.32 Å². The molecular formula is C13H19NO3. The molecule has 1 aromatic carbocycles. The third-order valence-corrected chi connectivity index (χ3v) is 3.14. The summed E-state index contributed by atoms with van der Waals surface area (Å²) >= 11 is 0. The molecule has 94 valence electrons. The van der Waals surface area contributed by atoms with Crippen molar-refractivity contribution in [3.63, 3.8) is 0 Å². The van der Waals surface area contributed by atoms with Crippen LogP contribution in [0.2, 0.25) is 0 Å². The van der Waals surface area contributed by atoms with Crippen LogP contribution < -0.4 is 14.8 Å². The lowest BCUT2D eigenvalue weighted by Gasteiger charge is -2.27. The van der Waals surface area contributed by atoms with Crippen LogP contribution in [0, 0.1) is 0 Å². The molecule has 1 N–H and O–H groups in total. The Morgan fingerprint density at radius 1 is 1.18 bits per heavy atom. The molecule has 4 nitrogen and oxygen atoms in total. The van der Waals surface area contributed by atoms with Gasteiger partial charge < -0.3 is 19.5 Å². The van der Waals surface area contributed by atoms with Crippen LogP contribution in [0.5, 0.6) is 11.5 Å². The minimum Gasteiger partial charge on any atom is -0.493 e. The number of fused-ring (bicyclic) bond motifs is 1. The third kappa shape index (κ3) is 2.37. The van der Waals surface area contributed by atoms with Crippen molar-refractivity contribution in [3.8, 4) is 11.5 Å². The Balaban J connectivity index is 2.39. The van der Waals surface area contributed by atoms with E-state index in [2.05, 4.69) is 11.4 Å². The number of hydrogen-bond donors (Lipinski definition) is 1. The quantitative estimate of drug-likeness (QED) is 0.862. The second kappa shape index (κ2) is 5.38. The van der Waals surface area contributed by atoms with Gasteiger partial charge in [-0.15, -0.1) is 0 Å². The molecule has 1 heterocycles. The molecule has 1 aromatic rings. The van der Waals surface area contributed by atoms with Crippen molar-refractivity contribution in [2.24, 2.45) is 0 Å². The van der Waals surface area contributed by atoms with Gasteiger partial charge in [0, 0.05) is 7.11 Å². The van der Waals surface area contributed by atoms with Gasteiger partial charge in [-0.05, 0) is 36.2 Å². The first kappa shape index (κ1) is 12.2. The highest BCUT2D eigenvalue weighted by molar-refractivity contribution is 5.49. The van der Waals surface area contributed by atoms with Gasteiger partial charge in [0.1, 0.15) is 0 Å². The number of hydrogen-bond acceptors (Lipinski definition) is 4. The lowest BCUT2D eigenvalue weighted by Crippen LogP contribution is -2.32. The smallest absolute Gasteiger partial charge is 0.161 e. The Bertz CT molecular complexity index is 392. The number of ether oxygens (including phenoxy) is 3. The molecule has 1 unspecified atom stereocenters. The first-order chi connectivity index (χ1) is 8.30. The number of rotatable bonds is 4. The molecular weight excluding hydrogens is 218 g/mol. The SMILES string of the molecule is COCC1NCCc2cc(OC)c(OC)cc21. The van der Waals surface area contributed by atoms with Crippen LogP contribution in [0.3, 0.4) is 0 Å². The molecule has 1 aliphatic rings. The zero-order valence-electron chi connectivity index (χ0n) is 10.6. The van der Waals surface area contributed by atoms with E-state index in [4.69, 9.17) is 14.2 Å². The summed E-state index contributed by atoms with van der Waals surface area (Å²) in [6, 6.07) is 4.35. The Labute approximate surface area is 102 Å². The maximum absolute atomic E-state index is 5.34. The molecule has 17 heavy (non-hydrogen) atoms. The normalized spacial score (nSPS) is 18.6. The monoisotopic (exact) mass is 237 g/mol. The van der Waals surface area contributed by atoms with Crippen LogP contribution in [-0.4, -0.2) is 34.5 Å². The first-order valence-electron chi connectivity index (χ1n) is 5.77. The summed E-state index contributed by atoms with van der Waals surface area (Å²) < 4.78 is 15.9. The lowest BCUT2D eigenvalue weighted by molar-refractivity contribution is 0.164. The summed E-state index contributed by atoms with van der Waals surface area (Å²) in [5, 5.41) is 3.44. The highest BCUT2D eigenvalue weighted by atomic mass is 16.5. The number of methoxy groups -OCH3 is 3.